The van der Waals surface area contributed by atoms with E-state index in [1.807, 2.05) is 6.92 Å². The van der Waals surface area contributed by atoms with Crippen LogP contribution >= 0.6 is 15.9 Å². The third-order valence-corrected chi connectivity index (χ3v) is 3.76. The summed E-state index contributed by atoms with van der Waals surface area (Å²) in [6, 6.07) is 8.55. The molecule has 0 spiro atoms. The molecule has 1 aromatic heterocycles. The summed E-state index contributed by atoms with van der Waals surface area (Å²) in [6.07, 6.45) is 1.00. The molecule has 0 saturated carbocycles. The van der Waals surface area contributed by atoms with Gasteiger partial charge in [-0.3, -0.25) is 4.90 Å². The van der Waals surface area contributed by atoms with E-state index >= 15 is 0 Å². The molecule has 1 atom stereocenters. The number of nitrogens with zero attached hydrogens (tertiary/aromatic N) is 3. The lowest BCUT2D eigenvalue weighted by Gasteiger charge is -2.21. The van der Waals surface area contributed by atoms with Crippen molar-refractivity contribution in [2.45, 2.75) is 26.3 Å². The monoisotopic (exact) mass is 323 g/mol. The predicted molar refractivity (Wildman–Crippen MR) is 77.9 cm³/mol. The van der Waals surface area contributed by atoms with E-state index in [-0.39, 0.29) is 6.04 Å². The standard InChI is InChI=1S/C14H18BrN3O/c1-10(14-16-11(2)17-19-14)18(3)9-8-12-4-6-13(15)7-5-12/h4-7,10H,8-9H2,1-3H3/t10-/m0/s1. The number of aromatic nitrogens is 2. The van der Waals surface area contributed by atoms with Gasteiger partial charge in [0.2, 0.25) is 5.89 Å². The van der Waals surface area contributed by atoms with Crippen molar-refractivity contribution in [1.29, 1.82) is 0 Å². The van der Waals surface area contributed by atoms with Crippen LogP contribution in [0.3, 0.4) is 0 Å². The lowest BCUT2D eigenvalue weighted by molar-refractivity contribution is 0.211. The van der Waals surface area contributed by atoms with E-state index in [0.717, 1.165) is 17.4 Å². The molecule has 1 heterocycles. The van der Waals surface area contributed by atoms with Crippen LogP contribution in [0.25, 0.3) is 0 Å². The zero-order valence-electron chi connectivity index (χ0n) is 11.4. The fraction of sp³-hybridized carbons (Fsp3) is 0.429. The largest absolute Gasteiger partial charge is 0.338 e. The molecule has 0 amide bonds. The van der Waals surface area contributed by atoms with Gasteiger partial charge in [0, 0.05) is 11.0 Å². The second-order valence-electron chi connectivity index (χ2n) is 4.71. The van der Waals surface area contributed by atoms with Gasteiger partial charge in [0.1, 0.15) is 0 Å². The van der Waals surface area contributed by atoms with Gasteiger partial charge in [0.15, 0.2) is 5.82 Å². The van der Waals surface area contributed by atoms with Crippen LogP contribution in [0.15, 0.2) is 33.3 Å². The second-order valence-corrected chi connectivity index (χ2v) is 5.63. The summed E-state index contributed by atoms with van der Waals surface area (Å²) in [5, 5.41) is 3.83. The highest BCUT2D eigenvalue weighted by molar-refractivity contribution is 9.10. The highest BCUT2D eigenvalue weighted by Gasteiger charge is 2.17. The maximum atomic E-state index is 5.21. The Balaban J connectivity index is 1.90. The molecular formula is C14H18BrN3O. The molecule has 2 aromatic rings. The number of halogens is 1. The van der Waals surface area contributed by atoms with E-state index in [0.29, 0.717) is 11.7 Å². The fourth-order valence-corrected chi connectivity index (χ4v) is 2.09. The summed E-state index contributed by atoms with van der Waals surface area (Å²) in [6.45, 7) is 4.86. The van der Waals surface area contributed by atoms with Crippen LogP contribution in [0.1, 0.15) is 30.2 Å². The number of hydrogen-bond donors (Lipinski definition) is 0. The molecular weight excluding hydrogens is 306 g/mol. The van der Waals surface area contributed by atoms with Crippen LogP contribution in [0.2, 0.25) is 0 Å². The topological polar surface area (TPSA) is 42.2 Å². The van der Waals surface area contributed by atoms with Crippen LogP contribution in [-0.4, -0.2) is 28.6 Å². The molecule has 19 heavy (non-hydrogen) atoms. The third kappa shape index (κ3) is 3.88. The highest BCUT2D eigenvalue weighted by Crippen LogP contribution is 2.17. The first kappa shape index (κ1) is 14.2. The minimum Gasteiger partial charge on any atom is -0.338 e. The van der Waals surface area contributed by atoms with Gasteiger partial charge in [-0.2, -0.15) is 4.98 Å². The van der Waals surface area contributed by atoms with Gasteiger partial charge in [0.05, 0.1) is 6.04 Å². The quantitative estimate of drug-likeness (QED) is 0.846. The molecule has 0 aliphatic heterocycles. The van der Waals surface area contributed by atoms with Gasteiger partial charge >= 0.3 is 0 Å². The van der Waals surface area contributed by atoms with Crippen molar-refractivity contribution in [1.82, 2.24) is 15.0 Å². The number of benzene rings is 1. The van der Waals surface area contributed by atoms with Gasteiger partial charge in [0.25, 0.3) is 0 Å². The summed E-state index contributed by atoms with van der Waals surface area (Å²) in [5.41, 5.74) is 1.32. The number of likely N-dealkylation sites (N-methyl/N-ethyl adjacent to an activating group) is 1. The maximum Gasteiger partial charge on any atom is 0.243 e. The molecule has 0 aliphatic rings. The van der Waals surface area contributed by atoms with Crippen molar-refractivity contribution in [3.63, 3.8) is 0 Å². The van der Waals surface area contributed by atoms with E-state index in [4.69, 9.17) is 4.52 Å². The number of hydrogen-bond acceptors (Lipinski definition) is 4. The number of rotatable bonds is 5. The smallest absolute Gasteiger partial charge is 0.243 e. The highest BCUT2D eigenvalue weighted by atomic mass is 79.9. The minimum absolute atomic E-state index is 0.136. The van der Waals surface area contributed by atoms with E-state index in [1.54, 1.807) is 0 Å². The zero-order valence-corrected chi connectivity index (χ0v) is 13.0. The van der Waals surface area contributed by atoms with Crippen molar-refractivity contribution in [2.24, 2.45) is 0 Å². The molecule has 0 N–H and O–H groups in total. The van der Waals surface area contributed by atoms with Gasteiger partial charge in [-0.05, 0) is 45.0 Å². The molecule has 0 saturated heterocycles. The summed E-state index contributed by atoms with van der Waals surface area (Å²) in [4.78, 5) is 6.49. The Morgan fingerprint density at radius 2 is 2.00 bits per heavy atom. The van der Waals surface area contributed by atoms with E-state index in [1.165, 1.54) is 5.56 Å². The first-order valence-electron chi connectivity index (χ1n) is 6.31. The lowest BCUT2D eigenvalue weighted by Crippen LogP contribution is -2.25. The molecule has 0 bridgehead atoms. The minimum atomic E-state index is 0.136. The predicted octanol–water partition coefficient (Wildman–Crippen LogP) is 3.38. The van der Waals surface area contributed by atoms with Crippen LogP contribution in [-0.2, 0) is 6.42 Å². The van der Waals surface area contributed by atoms with Crippen LogP contribution in [0.4, 0.5) is 0 Å². The molecule has 0 fully saturated rings. The Bertz CT molecular complexity index is 524. The summed E-state index contributed by atoms with van der Waals surface area (Å²) < 4.78 is 6.32. The summed E-state index contributed by atoms with van der Waals surface area (Å²) >= 11 is 3.44. The molecule has 1 aromatic carbocycles. The molecule has 0 aliphatic carbocycles. The van der Waals surface area contributed by atoms with Gasteiger partial charge in [-0.15, -0.1) is 0 Å². The Morgan fingerprint density at radius 1 is 1.32 bits per heavy atom. The second kappa shape index (κ2) is 6.30. The molecule has 102 valence electrons. The number of aryl methyl sites for hydroxylation is 1. The maximum absolute atomic E-state index is 5.21. The van der Waals surface area contributed by atoms with Crippen LogP contribution in [0, 0.1) is 6.92 Å². The summed E-state index contributed by atoms with van der Waals surface area (Å²) in [7, 11) is 2.07. The molecule has 4 nitrogen and oxygen atoms in total. The Kier molecular flexibility index (Phi) is 4.71. The van der Waals surface area contributed by atoms with Gasteiger partial charge < -0.3 is 4.52 Å². The Labute approximate surface area is 121 Å². The van der Waals surface area contributed by atoms with Crippen LogP contribution < -0.4 is 0 Å². The van der Waals surface area contributed by atoms with E-state index in [2.05, 4.69) is 69.2 Å². The normalized spacial score (nSPS) is 12.9. The van der Waals surface area contributed by atoms with Crippen molar-refractivity contribution in [3.8, 4) is 0 Å². The van der Waals surface area contributed by atoms with Gasteiger partial charge in [-0.1, -0.05) is 33.2 Å². The van der Waals surface area contributed by atoms with Crippen molar-refractivity contribution in [3.05, 3.63) is 46.0 Å². The Hall–Kier alpha value is -1.20. The van der Waals surface area contributed by atoms with Crippen molar-refractivity contribution < 1.29 is 4.52 Å². The fourth-order valence-electron chi connectivity index (χ4n) is 1.82. The first-order chi connectivity index (χ1) is 9.06. The lowest BCUT2D eigenvalue weighted by atomic mass is 10.1. The first-order valence-corrected chi connectivity index (χ1v) is 7.10. The average Bonchev–Trinajstić information content (AvgIpc) is 2.83. The SMILES string of the molecule is Cc1noc([C@H](C)N(C)CCc2ccc(Br)cc2)n1. The zero-order chi connectivity index (χ0) is 13.8. The Morgan fingerprint density at radius 3 is 2.58 bits per heavy atom. The molecule has 0 unspecified atom stereocenters. The van der Waals surface area contributed by atoms with Crippen molar-refractivity contribution in [2.75, 3.05) is 13.6 Å². The van der Waals surface area contributed by atoms with Gasteiger partial charge in [-0.25, -0.2) is 0 Å². The molecule has 0 radical (unpaired) electrons. The summed E-state index contributed by atoms with van der Waals surface area (Å²) in [5.74, 6) is 1.36. The molecule has 5 heteroatoms. The van der Waals surface area contributed by atoms with Crippen LogP contribution in [0.5, 0.6) is 0 Å². The van der Waals surface area contributed by atoms with Crippen molar-refractivity contribution >= 4 is 15.9 Å². The third-order valence-electron chi connectivity index (χ3n) is 3.23. The molecule has 2 rings (SSSR count). The average molecular weight is 324 g/mol. The van der Waals surface area contributed by atoms with E-state index < -0.39 is 0 Å². The van der Waals surface area contributed by atoms with E-state index in [9.17, 15) is 0 Å².